The van der Waals surface area contributed by atoms with Crippen molar-refractivity contribution in [2.24, 2.45) is 5.10 Å². The fourth-order valence-corrected chi connectivity index (χ4v) is 2.45. The van der Waals surface area contributed by atoms with Crippen LogP contribution < -0.4 is 15.1 Å². The highest BCUT2D eigenvalue weighted by Gasteiger charge is 2.26. The Morgan fingerprint density at radius 3 is 2.50 bits per heavy atom. The van der Waals surface area contributed by atoms with E-state index in [1.807, 2.05) is 0 Å². The first-order valence-electron chi connectivity index (χ1n) is 7.85. The highest BCUT2D eigenvalue weighted by Crippen LogP contribution is 2.26. The van der Waals surface area contributed by atoms with Gasteiger partial charge in [-0.05, 0) is 24.3 Å². The largest absolute Gasteiger partial charge is 0.433 e. The van der Waals surface area contributed by atoms with Crippen LogP contribution in [0.4, 0.5) is 20.2 Å². The second-order valence-corrected chi connectivity index (χ2v) is 5.42. The lowest BCUT2D eigenvalue weighted by Crippen LogP contribution is -2.36. The van der Waals surface area contributed by atoms with Gasteiger partial charge in [-0.3, -0.25) is 9.59 Å². The summed E-state index contributed by atoms with van der Waals surface area (Å²) < 4.78 is 29.3. The number of nitrogens with one attached hydrogen (secondary N) is 1. The van der Waals surface area contributed by atoms with Crippen LogP contribution in [0.2, 0.25) is 0 Å². The highest BCUT2D eigenvalue weighted by atomic mass is 19.3. The van der Waals surface area contributed by atoms with Crippen LogP contribution in [0.5, 0.6) is 5.75 Å². The van der Waals surface area contributed by atoms with Gasteiger partial charge in [-0.15, -0.1) is 0 Å². The van der Waals surface area contributed by atoms with Gasteiger partial charge in [0.15, 0.2) is 0 Å². The van der Waals surface area contributed by atoms with E-state index < -0.39 is 12.5 Å². The molecule has 0 saturated heterocycles. The molecule has 2 aromatic rings. The van der Waals surface area contributed by atoms with Gasteiger partial charge >= 0.3 is 6.61 Å². The van der Waals surface area contributed by atoms with Gasteiger partial charge in [0.05, 0.1) is 11.4 Å². The van der Waals surface area contributed by atoms with Crippen molar-refractivity contribution < 1.29 is 23.1 Å². The summed E-state index contributed by atoms with van der Waals surface area (Å²) in [5.74, 6) is -0.957. The fourth-order valence-electron chi connectivity index (χ4n) is 2.45. The zero-order valence-corrected chi connectivity index (χ0v) is 13.6. The summed E-state index contributed by atoms with van der Waals surface area (Å²) in [7, 11) is 0. The number of ether oxygens (including phenoxy) is 1. The molecule has 0 aliphatic carbocycles. The topological polar surface area (TPSA) is 71.0 Å². The average molecular weight is 359 g/mol. The molecule has 0 aromatic heterocycles. The maximum atomic E-state index is 12.5. The van der Waals surface area contributed by atoms with E-state index in [-0.39, 0.29) is 35.9 Å². The van der Waals surface area contributed by atoms with Crippen molar-refractivity contribution in [3.63, 3.8) is 0 Å². The number of carbonyl (C=O) groups is 2. The molecule has 134 valence electrons. The number of carbonyl (C=O) groups excluding carboxylic acids is 2. The van der Waals surface area contributed by atoms with Crippen molar-refractivity contribution in [2.75, 3.05) is 10.3 Å². The molecule has 1 heterocycles. The quantitative estimate of drug-likeness (QED) is 0.889. The molecule has 0 spiro atoms. The molecule has 26 heavy (non-hydrogen) atoms. The number of anilines is 2. The summed E-state index contributed by atoms with van der Waals surface area (Å²) in [4.78, 5) is 24.5. The van der Waals surface area contributed by atoms with E-state index in [1.54, 1.807) is 36.4 Å². The minimum Gasteiger partial charge on any atom is -0.433 e. The molecule has 0 atom stereocenters. The predicted octanol–water partition coefficient (Wildman–Crippen LogP) is 3.41. The molecule has 0 bridgehead atoms. The molecular formula is C18H15F2N3O3. The van der Waals surface area contributed by atoms with Gasteiger partial charge in [0.2, 0.25) is 5.91 Å². The molecule has 1 aliphatic heterocycles. The zero-order chi connectivity index (χ0) is 18.5. The van der Waals surface area contributed by atoms with Crippen LogP contribution in [0.1, 0.15) is 12.8 Å². The Balaban J connectivity index is 1.81. The Labute approximate surface area is 148 Å². The van der Waals surface area contributed by atoms with E-state index in [4.69, 9.17) is 0 Å². The molecule has 1 N–H and O–H groups in total. The molecule has 8 heteroatoms. The number of halogens is 2. The maximum absolute atomic E-state index is 12.5. The normalized spacial score (nSPS) is 14.2. The van der Waals surface area contributed by atoms with Gasteiger partial charge in [-0.25, -0.2) is 5.01 Å². The third kappa shape index (κ3) is 4.02. The summed E-state index contributed by atoms with van der Waals surface area (Å²) in [5.41, 5.74) is 0.771. The van der Waals surface area contributed by atoms with Gasteiger partial charge in [0, 0.05) is 12.8 Å². The predicted molar refractivity (Wildman–Crippen MR) is 92.3 cm³/mol. The van der Waals surface area contributed by atoms with E-state index >= 15 is 0 Å². The van der Waals surface area contributed by atoms with Gasteiger partial charge in [0.1, 0.15) is 11.5 Å². The molecule has 2 amide bonds. The SMILES string of the molecule is O=C(Nc1ccccc1OC(F)F)C1=NN(c2ccccc2)C(=O)CC1. The van der Waals surface area contributed by atoms with Crippen LogP contribution in [0.25, 0.3) is 0 Å². The van der Waals surface area contributed by atoms with Gasteiger partial charge in [-0.1, -0.05) is 30.3 Å². The Morgan fingerprint density at radius 1 is 1.08 bits per heavy atom. The molecular weight excluding hydrogens is 344 g/mol. The molecule has 0 saturated carbocycles. The Hall–Kier alpha value is -3.29. The summed E-state index contributed by atoms with van der Waals surface area (Å²) in [5, 5.41) is 7.79. The van der Waals surface area contributed by atoms with Crippen molar-refractivity contribution in [2.45, 2.75) is 19.5 Å². The third-order valence-electron chi connectivity index (χ3n) is 3.65. The summed E-state index contributed by atoms with van der Waals surface area (Å²) in [6.45, 7) is -3.01. The molecule has 0 fully saturated rings. The number of hydrogen-bond acceptors (Lipinski definition) is 4. The average Bonchev–Trinajstić information content (AvgIpc) is 2.64. The molecule has 6 nitrogen and oxygen atoms in total. The van der Waals surface area contributed by atoms with E-state index in [0.29, 0.717) is 5.69 Å². The standard InChI is InChI=1S/C18H15F2N3O3/c19-18(20)26-15-9-5-4-8-13(15)21-17(25)14-10-11-16(24)23(22-14)12-6-2-1-3-7-12/h1-9,18H,10-11H2,(H,21,25). The van der Waals surface area contributed by atoms with Crippen molar-refractivity contribution in [3.8, 4) is 5.75 Å². The second-order valence-electron chi connectivity index (χ2n) is 5.42. The third-order valence-corrected chi connectivity index (χ3v) is 3.65. The first-order valence-corrected chi connectivity index (χ1v) is 7.85. The minimum absolute atomic E-state index is 0.101. The maximum Gasteiger partial charge on any atom is 0.387 e. The van der Waals surface area contributed by atoms with Gasteiger partial charge in [-0.2, -0.15) is 13.9 Å². The van der Waals surface area contributed by atoms with Crippen LogP contribution >= 0.6 is 0 Å². The number of nitrogens with zero attached hydrogens (tertiary/aromatic N) is 2. The second kappa shape index (κ2) is 7.73. The molecule has 0 unspecified atom stereocenters. The van der Waals surface area contributed by atoms with Crippen LogP contribution in [0, 0.1) is 0 Å². The Bertz CT molecular complexity index is 841. The highest BCUT2D eigenvalue weighted by molar-refractivity contribution is 6.44. The van der Waals surface area contributed by atoms with Crippen molar-refractivity contribution in [1.29, 1.82) is 0 Å². The van der Waals surface area contributed by atoms with Crippen LogP contribution in [0.15, 0.2) is 59.7 Å². The van der Waals surface area contributed by atoms with E-state index in [1.165, 1.54) is 23.2 Å². The number of rotatable bonds is 5. The van der Waals surface area contributed by atoms with Crippen molar-refractivity contribution in [3.05, 3.63) is 54.6 Å². The number of hydrogen-bond donors (Lipinski definition) is 1. The fraction of sp³-hybridized carbons (Fsp3) is 0.167. The molecule has 3 rings (SSSR count). The van der Waals surface area contributed by atoms with E-state index in [0.717, 1.165) is 0 Å². The zero-order valence-electron chi connectivity index (χ0n) is 13.6. The Kier molecular flexibility index (Phi) is 5.21. The minimum atomic E-state index is -3.01. The van der Waals surface area contributed by atoms with Crippen LogP contribution in [0.3, 0.4) is 0 Å². The van der Waals surface area contributed by atoms with Crippen molar-refractivity contribution in [1.82, 2.24) is 0 Å². The Morgan fingerprint density at radius 2 is 1.77 bits per heavy atom. The number of benzene rings is 2. The first-order chi connectivity index (χ1) is 12.5. The number of amides is 2. The lowest BCUT2D eigenvalue weighted by molar-refractivity contribution is -0.118. The van der Waals surface area contributed by atoms with Gasteiger partial charge < -0.3 is 10.1 Å². The number of hydrazone groups is 1. The summed E-state index contributed by atoms with van der Waals surface area (Å²) in [6.07, 6.45) is 0.280. The monoisotopic (exact) mass is 359 g/mol. The lowest BCUT2D eigenvalue weighted by Gasteiger charge is -2.23. The van der Waals surface area contributed by atoms with E-state index in [2.05, 4.69) is 15.2 Å². The summed E-state index contributed by atoms with van der Waals surface area (Å²) >= 11 is 0. The van der Waals surface area contributed by atoms with Gasteiger partial charge in [0.25, 0.3) is 5.91 Å². The molecule has 1 aliphatic rings. The molecule has 0 radical (unpaired) electrons. The lowest BCUT2D eigenvalue weighted by atomic mass is 10.1. The van der Waals surface area contributed by atoms with E-state index in [9.17, 15) is 18.4 Å². The summed E-state index contributed by atoms with van der Waals surface area (Å²) in [6, 6.07) is 14.6. The molecule has 2 aromatic carbocycles. The van der Waals surface area contributed by atoms with Crippen LogP contribution in [-0.2, 0) is 9.59 Å². The number of para-hydroxylation sites is 3. The number of alkyl halides is 2. The first kappa shape index (κ1) is 17.5. The smallest absolute Gasteiger partial charge is 0.387 e. The van der Waals surface area contributed by atoms with Crippen molar-refractivity contribution >= 4 is 28.9 Å². The van der Waals surface area contributed by atoms with Crippen LogP contribution in [-0.4, -0.2) is 24.1 Å².